The van der Waals surface area contributed by atoms with Crippen LogP contribution in [-0.2, 0) is 17.8 Å². The van der Waals surface area contributed by atoms with Gasteiger partial charge in [0.15, 0.2) is 0 Å². The van der Waals surface area contributed by atoms with Crippen LogP contribution in [0.2, 0.25) is 0 Å². The molecule has 8 heteroatoms. The SMILES string of the molecule is COC(=O)c1ccccc1Cn1nc(C)c(NC(=O)c2cccc(Cn3nc(C)cc3C)c2)c1C. The number of aromatic nitrogens is 4. The topological polar surface area (TPSA) is 91.0 Å². The van der Waals surface area contributed by atoms with E-state index in [1.807, 2.05) is 68.8 Å². The molecule has 0 aliphatic rings. The number of esters is 1. The average Bonchev–Trinajstić information content (AvgIpc) is 3.30. The van der Waals surface area contributed by atoms with Crippen molar-refractivity contribution in [1.29, 1.82) is 0 Å². The van der Waals surface area contributed by atoms with E-state index in [9.17, 15) is 9.59 Å². The summed E-state index contributed by atoms with van der Waals surface area (Å²) in [5.41, 5.74) is 7.04. The van der Waals surface area contributed by atoms with Crippen molar-refractivity contribution in [3.05, 3.63) is 99.6 Å². The first kappa shape index (κ1) is 23.9. The number of aryl methyl sites for hydroxylation is 3. The zero-order chi connectivity index (χ0) is 25.1. The number of nitrogens with zero attached hydrogens (tertiary/aromatic N) is 4. The molecule has 180 valence electrons. The third-order valence-corrected chi connectivity index (χ3v) is 5.99. The molecule has 0 saturated carbocycles. The first-order valence-corrected chi connectivity index (χ1v) is 11.4. The summed E-state index contributed by atoms with van der Waals surface area (Å²) in [6, 6.07) is 16.8. The van der Waals surface area contributed by atoms with Gasteiger partial charge in [0.05, 0.1) is 48.5 Å². The lowest BCUT2D eigenvalue weighted by Gasteiger charge is -2.11. The first-order valence-electron chi connectivity index (χ1n) is 11.4. The van der Waals surface area contributed by atoms with Crippen molar-refractivity contribution in [1.82, 2.24) is 19.6 Å². The fourth-order valence-corrected chi connectivity index (χ4v) is 4.16. The quantitative estimate of drug-likeness (QED) is 0.402. The van der Waals surface area contributed by atoms with Crippen molar-refractivity contribution < 1.29 is 14.3 Å². The van der Waals surface area contributed by atoms with Gasteiger partial charge >= 0.3 is 5.97 Å². The molecule has 0 atom stereocenters. The maximum atomic E-state index is 13.1. The third kappa shape index (κ3) is 5.16. The number of hydrogen-bond acceptors (Lipinski definition) is 5. The molecule has 0 spiro atoms. The lowest BCUT2D eigenvalue weighted by Crippen LogP contribution is -2.14. The molecule has 0 radical (unpaired) electrons. The van der Waals surface area contributed by atoms with E-state index >= 15 is 0 Å². The number of hydrogen-bond donors (Lipinski definition) is 1. The summed E-state index contributed by atoms with van der Waals surface area (Å²) in [5.74, 6) is -0.600. The van der Waals surface area contributed by atoms with Gasteiger partial charge in [0, 0.05) is 11.3 Å². The van der Waals surface area contributed by atoms with Crippen LogP contribution in [0, 0.1) is 27.7 Å². The zero-order valence-corrected chi connectivity index (χ0v) is 20.6. The number of methoxy groups -OCH3 is 1. The highest BCUT2D eigenvalue weighted by Gasteiger charge is 2.18. The molecule has 0 aliphatic carbocycles. The van der Waals surface area contributed by atoms with Crippen LogP contribution in [-0.4, -0.2) is 38.5 Å². The molecular formula is C27H29N5O3. The second-order valence-electron chi connectivity index (χ2n) is 8.59. The number of anilines is 1. The number of ether oxygens (including phenoxy) is 1. The highest BCUT2D eigenvalue weighted by Crippen LogP contribution is 2.23. The highest BCUT2D eigenvalue weighted by molar-refractivity contribution is 6.05. The molecule has 1 N–H and O–H groups in total. The van der Waals surface area contributed by atoms with Gasteiger partial charge in [-0.3, -0.25) is 14.2 Å². The van der Waals surface area contributed by atoms with E-state index in [1.165, 1.54) is 7.11 Å². The summed E-state index contributed by atoms with van der Waals surface area (Å²) in [6.45, 7) is 8.71. The maximum Gasteiger partial charge on any atom is 0.338 e. The maximum absolute atomic E-state index is 13.1. The van der Waals surface area contributed by atoms with Gasteiger partial charge in [0.1, 0.15) is 0 Å². The highest BCUT2D eigenvalue weighted by atomic mass is 16.5. The van der Waals surface area contributed by atoms with Gasteiger partial charge < -0.3 is 10.1 Å². The Kier molecular flexibility index (Phi) is 6.82. The van der Waals surface area contributed by atoms with Crippen LogP contribution in [0.25, 0.3) is 0 Å². The molecule has 2 aromatic heterocycles. The van der Waals surface area contributed by atoms with Crippen LogP contribution in [0.1, 0.15) is 54.6 Å². The molecule has 0 fully saturated rings. The summed E-state index contributed by atoms with van der Waals surface area (Å²) in [4.78, 5) is 25.2. The Balaban J connectivity index is 1.53. The lowest BCUT2D eigenvalue weighted by molar-refractivity contribution is 0.0599. The summed E-state index contributed by atoms with van der Waals surface area (Å²) in [5, 5.41) is 12.1. The van der Waals surface area contributed by atoms with E-state index in [0.29, 0.717) is 35.6 Å². The second-order valence-corrected chi connectivity index (χ2v) is 8.59. The number of benzene rings is 2. The largest absolute Gasteiger partial charge is 0.465 e. The third-order valence-electron chi connectivity index (χ3n) is 5.99. The molecule has 2 aromatic carbocycles. The molecule has 0 saturated heterocycles. The van der Waals surface area contributed by atoms with Gasteiger partial charge in [-0.15, -0.1) is 0 Å². The van der Waals surface area contributed by atoms with E-state index < -0.39 is 5.97 Å². The van der Waals surface area contributed by atoms with Gasteiger partial charge in [-0.05, 0) is 63.1 Å². The van der Waals surface area contributed by atoms with Crippen LogP contribution in [0.5, 0.6) is 0 Å². The summed E-state index contributed by atoms with van der Waals surface area (Å²) in [7, 11) is 1.36. The van der Waals surface area contributed by atoms with Gasteiger partial charge in [-0.25, -0.2) is 4.79 Å². The molecule has 0 aliphatic heterocycles. The summed E-state index contributed by atoms with van der Waals surface area (Å²) >= 11 is 0. The average molecular weight is 472 g/mol. The number of carbonyl (C=O) groups excluding carboxylic acids is 2. The molecule has 35 heavy (non-hydrogen) atoms. The summed E-state index contributed by atoms with van der Waals surface area (Å²) in [6.07, 6.45) is 0. The predicted molar refractivity (Wildman–Crippen MR) is 134 cm³/mol. The summed E-state index contributed by atoms with van der Waals surface area (Å²) < 4.78 is 8.61. The zero-order valence-electron chi connectivity index (χ0n) is 20.6. The Morgan fingerprint density at radius 1 is 0.914 bits per heavy atom. The normalized spacial score (nSPS) is 10.9. The molecule has 2 heterocycles. The fourth-order valence-electron chi connectivity index (χ4n) is 4.16. The minimum Gasteiger partial charge on any atom is -0.465 e. The van der Waals surface area contributed by atoms with E-state index in [0.717, 1.165) is 28.2 Å². The molecule has 4 aromatic rings. The Bertz CT molecular complexity index is 1400. The molecule has 4 rings (SSSR count). The monoisotopic (exact) mass is 471 g/mol. The van der Waals surface area contributed by atoms with E-state index in [4.69, 9.17) is 4.74 Å². The van der Waals surface area contributed by atoms with Crippen molar-refractivity contribution in [2.45, 2.75) is 40.8 Å². The van der Waals surface area contributed by atoms with Gasteiger partial charge in [0.25, 0.3) is 5.91 Å². The van der Waals surface area contributed by atoms with Crippen LogP contribution >= 0.6 is 0 Å². The standard InChI is InChI=1S/C27H29N5O3/c1-17-13-18(2)31(29-17)15-21-9-8-11-22(14-21)26(33)28-25-19(3)30-32(20(25)4)16-23-10-6-7-12-24(23)27(34)35-5/h6-14H,15-16H2,1-5H3,(H,28,33). The van der Waals surface area contributed by atoms with Crippen molar-refractivity contribution in [3.63, 3.8) is 0 Å². The fraction of sp³-hybridized carbons (Fsp3) is 0.259. The minimum atomic E-state index is -0.393. The van der Waals surface area contributed by atoms with Crippen molar-refractivity contribution in [2.75, 3.05) is 12.4 Å². The van der Waals surface area contributed by atoms with E-state index in [1.54, 1.807) is 22.9 Å². The number of rotatable bonds is 7. The van der Waals surface area contributed by atoms with Crippen LogP contribution in [0.3, 0.4) is 0 Å². The molecule has 0 bridgehead atoms. The number of nitrogens with one attached hydrogen (secondary N) is 1. The van der Waals surface area contributed by atoms with Gasteiger partial charge in [0.2, 0.25) is 0 Å². The predicted octanol–water partition coefficient (Wildman–Crippen LogP) is 4.45. The van der Waals surface area contributed by atoms with Crippen molar-refractivity contribution in [3.8, 4) is 0 Å². The van der Waals surface area contributed by atoms with Gasteiger partial charge in [-0.2, -0.15) is 10.2 Å². The number of amides is 1. The first-order chi connectivity index (χ1) is 16.8. The molecular weight excluding hydrogens is 442 g/mol. The number of carbonyl (C=O) groups is 2. The Hall–Kier alpha value is -4.20. The van der Waals surface area contributed by atoms with E-state index in [2.05, 4.69) is 15.5 Å². The smallest absolute Gasteiger partial charge is 0.338 e. The Labute approximate surface area is 204 Å². The molecule has 0 unspecified atom stereocenters. The van der Waals surface area contributed by atoms with Crippen LogP contribution < -0.4 is 5.32 Å². The molecule has 8 nitrogen and oxygen atoms in total. The van der Waals surface area contributed by atoms with Gasteiger partial charge in [-0.1, -0.05) is 30.3 Å². The van der Waals surface area contributed by atoms with Crippen LogP contribution in [0.4, 0.5) is 5.69 Å². The van der Waals surface area contributed by atoms with Crippen molar-refractivity contribution >= 4 is 17.6 Å². The minimum absolute atomic E-state index is 0.207. The van der Waals surface area contributed by atoms with Crippen molar-refractivity contribution in [2.24, 2.45) is 0 Å². The molecule has 1 amide bonds. The van der Waals surface area contributed by atoms with Crippen LogP contribution in [0.15, 0.2) is 54.6 Å². The second kappa shape index (κ2) is 9.97. The Morgan fingerprint density at radius 2 is 1.69 bits per heavy atom. The Morgan fingerprint density at radius 3 is 2.40 bits per heavy atom. The lowest BCUT2D eigenvalue weighted by atomic mass is 10.1. The van der Waals surface area contributed by atoms with E-state index in [-0.39, 0.29) is 5.91 Å².